The standard InChI is InChI=1S/C15H23NO/c1-10(2)12-5-6-13-7-11(3)16-15(9-17-4)14(13)8-12/h5-6,8,10-11,15-16H,7,9H2,1-4H3. The van der Waals surface area contributed by atoms with Crippen LogP contribution >= 0.6 is 0 Å². The summed E-state index contributed by atoms with van der Waals surface area (Å²) >= 11 is 0. The second-order valence-corrected chi connectivity index (χ2v) is 5.39. The van der Waals surface area contributed by atoms with Gasteiger partial charge in [-0.05, 0) is 36.0 Å². The van der Waals surface area contributed by atoms with Crippen molar-refractivity contribution in [1.82, 2.24) is 5.32 Å². The molecule has 94 valence electrons. The number of ether oxygens (including phenoxy) is 1. The number of methoxy groups -OCH3 is 1. The Balaban J connectivity index is 2.35. The van der Waals surface area contributed by atoms with Gasteiger partial charge in [-0.25, -0.2) is 0 Å². The van der Waals surface area contributed by atoms with Gasteiger partial charge in [0.25, 0.3) is 0 Å². The molecule has 1 aliphatic heterocycles. The van der Waals surface area contributed by atoms with Gasteiger partial charge in [-0.15, -0.1) is 0 Å². The molecule has 0 radical (unpaired) electrons. The topological polar surface area (TPSA) is 21.3 Å². The van der Waals surface area contributed by atoms with Crippen LogP contribution in [0.15, 0.2) is 18.2 Å². The van der Waals surface area contributed by atoms with Gasteiger partial charge in [0.1, 0.15) is 0 Å². The monoisotopic (exact) mass is 233 g/mol. The molecule has 1 aliphatic rings. The van der Waals surface area contributed by atoms with Crippen molar-refractivity contribution in [2.24, 2.45) is 0 Å². The Labute approximate surface area is 104 Å². The van der Waals surface area contributed by atoms with E-state index in [2.05, 4.69) is 44.3 Å². The summed E-state index contributed by atoms with van der Waals surface area (Å²) in [5.41, 5.74) is 4.32. The van der Waals surface area contributed by atoms with Crippen LogP contribution in [-0.2, 0) is 11.2 Å². The smallest absolute Gasteiger partial charge is 0.0657 e. The van der Waals surface area contributed by atoms with E-state index in [1.54, 1.807) is 7.11 Å². The number of hydrogen-bond donors (Lipinski definition) is 1. The third-order valence-corrected chi connectivity index (χ3v) is 3.56. The maximum absolute atomic E-state index is 5.32. The van der Waals surface area contributed by atoms with E-state index in [0.717, 1.165) is 13.0 Å². The normalized spacial score (nSPS) is 23.8. The van der Waals surface area contributed by atoms with Gasteiger partial charge in [0, 0.05) is 13.2 Å². The van der Waals surface area contributed by atoms with Gasteiger partial charge in [0.05, 0.1) is 12.6 Å². The molecule has 2 rings (SSSR count). The summed E-state index contributed by atoms with van der Waals surface area (Å²) in [7, 11) is 1.77. The molecule has 0 aliphatic carbocycles. The van der Waals surface area contributed by atoms with Crippen molar-refractivity contribution >= 4 is 0 Å². The molecule has 1 aromatic rings. The average Bonchev–Trinajstić information content (AvgIpc) is 2.28. The second-order valence-electron chi connectivity index (χ2n) is 5.39. The van der Waals surface area contributed by atoms with Crippen LogP contribution in [0.3, 0.4) is 0 Å². The van der Waals surface area contributed by atoms with Crippen molar-refractivity contribution < 1.29 is 4.74 Å². The maximum Gasteiger partial charge on any atom is 0.0657 e. The lowest BCUT2D eigenvalue weighted by Crippen LogP contribution is -2.39. The minimum Gasteiger partial charge on any atom is -0.383 e. The molecule has 2 unspecified atom stereocenters. The molecule has 0 fully saturated rings. The van der Waals surface area contributed by atoms with E-state index < -0.39 is 0 Å². The molecule has 0 saturated carbocycles. The van der Waals surface area contributed by atoms with Gasteiger partial charge in [-0.2, -0.15) is 0 Å². The summed E-state index contributed by atoms with van der Waals surface area (Å²) in [6, 6.07) is 7.79. The lowest BCUT2D eigenvalue weighted by Gasteiger charge is -2.31. The van der Waals surface area contributed by atoms with Crippen LogP contribution in [-0.4, -0.2) is 19.8 Å². The highest BCUT2D eigenvalue weighted by atomic mass is 16.5. The highest BCUT2D eigenvalue weighted by Gasteiger charge is 2.24. The van der Waals surface area contributed by atoms with E-state index in [0.29, 0.717) is 18.0 Å². The molecule has 2 heteroatoms. The number of benzene rings is 1. The molecule has 2 atom stereocenters. The quantitative estimate of drug-likeness (QED) is 0.866. The minimum absolute atomic E-state index is 0.345. The number of rotatable bonds is 3. The van der Waals surface area contributed by atoms with Crippen molar-refractivity contribution in [2.45, 2.75) is 45.2 Å². The molecule has 0 aromatic heterocycles. The van der Waals surface area contributed by atoms with Gasteiger partial charge in [-0.1, -0.05) is 32.0 Å². The highest BCUT2D eigenvalue weighted by molar-refractivity contribution is 5.38. The van der Waals surface area contributed by atoms with E-state index in [-0.39, 0.29) is 0 Å². The number of hydrogen-bond acceptors (Lipinski definition) is 2. The van der Waals surface area contributed by atoms with E-state index in [9.17, 15) is 0 Å². The Morgan fingerprint density at radius 2 is 2.18 bits per heavy atom. The minimum atomic E-state index is 0.345. The Morgan fingerprint density at radius 3 is 2.82 bits per heavy atom. The fraction of sp³-hybridized carbons (Fsp3) is 0.600. The SMILES string of the molecule is COCC1NC(C)Cc2ccc(C(C)C)cc21. The molecule has 1 N–H and O–H groups in total. The van der Waals surface area contributed by atoms with Gasteiger partial charge >= 0.3 is 0 Å². The summed E-state index contributed by atoms with van der Waals surface area (Å²) in [5.74, 6) is 0.586. The number of nitrogens with one attached hydrogen (secondary N) is 1. The van der Waals surface area contributed by atoms with Crippen molar-refractivity contribution in [2.75, 3.05) is 13.7 Å². The first-order chi connectivity index (χ1) is 8.11. The van der Waals surface area contributed by atoms with Crippen molar-refractivity contribution in [1.29, 1.82) is 0 Å². The molecule has 0 saturated heterocycles. The van der Waals surface area contributed by atoms with Crippen LogP contribution in [0.4, 0.5) is 0 Å². The summed E-state index contributed by atoms with van der Waals surface area (Å²) in [6.07, 6.45) is 1.12. The summed E-state index contributed by atoms with van der Waals surface area (Å²) in [6.45, 7) is 7.47. The van der Waals surface area contributed by atoms with Crippen molar-refractivity contribution in [3.05, 3.63) is 34.9 Å². The zero-order valence-electron chi connectivity index (χ0n) is 11.3. The molecule has 1 aromatic carbocycles. The molecule has 0 spiro atoms. The summed E-state index contributed by atoms with van der Waals surface area (Å²) < 4.78 is 5.32. The zero-order valence-corrected chi connectivity index (χ0v) is 11.3. The van der Waals surface area contributed by atoms with Crippen LogP contribution in [0, 0.1) is 0 Å². The van der Waals surface area contributed by atoms with E-state index >= 15 is 0 Å². The predicted octanol–water partition coefficient (Wildman–Crippen LogP) is 3.03. The molecule has 17 heavy (non-hydrogen) atoms. The Hall–Kier alpha value is -0.860. The third kappa shape index (κ3) is 2.70. The van der Waals surface area contributed by atoms with E-state index in [1.807, 2.05) is 0 Å². The van der Waals surface area contributed by atoms with Crippen molar-refractivity contribution in [3.8, 4) is 0 Å². The molecule has 0 bridgehead atoms. The maximum atomic E-state index is 5.32. The van der Waals surface area contributed by atoms with E-state index in [1.165, 1.54) is 16.7 Å². The first kappa shape index (κ1) is 12.6. The molecule has 2 nitrogen and oxygen atoms in total. The Kier molecular flexibility index (Phi) is 3.85. The van der Waals surface area contributed by atoms with Gasteiger partial charge < -0.3 is 10.1 Å². The fourth-order valence-electron chi connectivity index (χ4n) is 2.61. The van der Waals surface area contributed by atoms with Crippen molar-refractivity contribution in [3.63, 3.8) is 0 Å². The van der Waals surface area contributed by atoms with Gasteiger partial charge in [-0.3, -0.25) is 0 Å². The van der Waals surface area contributed by atoms with Crippen LogP contribution in [0.2, 0.25) is 0 Å². The van der Waals surface area contributed by atoms with Gasteiger partial charge in [0.2, 0.25) is 0 Å². The molecular weight excluding hydrogens is 210 g/mol. The summed E-state index contributed by atoms with van der Waals surface area (Å²) in [5, 5.41) is 3.61. The van der Waals surface area contributed by atoms with Crippen LogP contribution < -0.4 is 5.32 Å². The Morgan fingerprint density at radius 1 is 1.41 bits per heavy atom. The molecule has 1 heterocycles. The fourth-order valence-corrected chi connectivity index (χ4v) is 2.61. The third-order valence-electron chi connectivity index (χ3n) is 3.56. The van der Waals surface area contributed by atoms with E-state index in [4.69, 9.17) is 4.74 Å². The lowest BCUT2D eigenvalue weighted by atomic mass is 9.87. The first-order valence-corrected chi connectivity index (χ1v) is 6.49. The van der Waals surface area contributed by atoms with Crippen LogP contribution in [0.5, 0.6) is 0 Å². The predicted molar refractivity (Wildman–Crippen MR) is 71.4 cm³/mol. The second kappa shape index (κ2) is 5.19. The summed E-state index contributed by atoms with van der Waals surface area (Å²) in [4.78, 5) is 0. The molecule has 0 amide bonds. The Bertz CT molecular complexity index is 387. The average molecular weight is 233 g/mol. The lowest BCUT2D eigenvalue weighted by molar-refractivity contribution is 0.158. The van der Waals surface area contributed by atoms with Gasteiger partial charge in [0.15, 0.2) is 0 Å². The zero-order chi connectivity index (χ0) is 12.4. The molecular formula is C15H23NO. The first-order valence-electron chi connectivity index (χ1n) is 6.49. The highest BCUT2D eigenvalue weighted by Crippen LogP contribution is 2.28. The largest absolute Gasteiger partial charge is 0.383 e. The van der Waals surface area contributed by atoms with Crippen LogP contribution in [0.25, 0.3) is 0 Å². The van der Waals surface area contributed by atoms with Crippen LogP contribution in [0.1, 0.15) is 49.4 Å². The number of fused-ring (bicyclic) bond motifs is 1.